The lowest BCUT2D eigenvalue weighted by molar-refractivity contribution is -0.145. The van der Waals surface area contributed by atoms with Crippen molar-refractivity contribution < 1.29 is 33.0 Å². The number of amides is 1. The van der Waals surface area contributed by atoms with Gasteiger partial charge in [-0.25, -0.2) is 13.2 Å². The van der Waals surface area contributed by atoms with Crippen molar-refractivity contribution in [3.8, 4) is 5.75 Å². The molecule has 11 heteroatoms. The third kappa shape index (κ3) is 6.86. The van der Waals surface area contributed by atoms with Crippen LogP contribution in [0.2, 0.25) is 0 Å². The van der Waals surface area contributed by atoms with E-state index >= 15 is 0 Å². The Morgan fingerprint density at radius 3 is 2.47 bits per heavy atom. The van der Waals surface area contributed by atoms with Crippen LogP contribution in [0.25, 0.3) is 0 Å². The number of anilines is 2. The highest BCUT2D eigenvalue weighted by molar-refractivity contribution is 9.10. The molecular weight excluding hydrogens is 576 g/mol. The number of benzene rings is 2. The molecule has 1 aliphatic heterocycles. The van der Waals surface area contributed by atoms with E-state index in [1.807, 2.05) is 42.2 Å². The molecule has 0 aliphatic carbocycles. The fraction of sp³-hybridized carbons (Fsp3) is 0.481. The molecule has 3 N–H and O–H groups in total. The number of sulfone groups is 1. The summed E-state index contributed by atoms with van der Waals surface area (Å²) in [7, 11) is -3.74. The van der Waals surface area contributed by atoms with Gasteiger partial charge >= 0.3 is 5.97 Å². The van der Waals surface area contributed by atoms with Crippen LogP contribution >= 0.6 is 15.9 Å². The lowest BCUT2D eigenvalue weighted by atomic mass is 9.81. The second kappa shape index (κ2) is 12.5. The molecule has 2 unspecified atom stereocenters. The maximum Gasteiger partial charge on any atom is 0.328 e. The van der Waals surface area contributed by atoms with E-state index in [0.29, 0.717) is 23.1 Å². The third-order valence-corrected chi connectivity index (χ3v) is 9.54. The summed E-state index contributed by atoms with van der Waals surface area (Å²) in [6.45, 7) is 5.35. The zero-order valence-electron chi connectivity index (χ0n) is 21.8. The number of nitrogens with one attached hydrogen (secondary N) is 1. The number of carboxylic acid groups (broad SMARTS) is 1. The quantitative estimate of drug-likeness (QED) is 0.343. The van der Waals surface area contributed by atoms with Crippen LogP contribution in [0.1, 0.15) is 46.5 Å². The Bertz CT molecular complexity index is 1250. The van der Waals surface area contributed by atoms with E-state index in [1.165, 1.54) is 13.0 Å². The smallest absolute Gasteiger partial charge is 0.328 e. The van der Waals surface area contributed by atoms with Gasteiger partial charge in [0.25, 0.3) is 5.91 Å². The molecule has 0 fully saturated rings. The zero-order chi connectivity index (χ0) is 28.1. The van der Waals surface area contributed by atoms with Gasteiger partial charge in [0.1, 0.15) is 5.75 Å². The number of carbonyl (C=O) groups excluding carboxylic acids is 1. The van der Waals surface area contributed by atoms with E-state index in [9.17, 15) is 28.2 Å². The highest BCUT2D eigenvalue weighted by Crippen LogP contribution is 2.46. The van der Waals surface area contributed by atoms with Crippen molar-refractivity contribution in [3.05, 3.63) is 46.9 Å². The number of aliphatic hydroxyl groups is 1. The van der Waals surface area contributed by atoms with Crippen molar-refractivity contribution >= 4 is 49.0 Å². The average molecular weight is 612 g/mol. The molecule has 0 saturated heterocycles. The molecule has 38 heavy (non-hydrogen) atoms. The highest BCUT2D eigenvalue weighted by atomic mass is 79.9. The van der Waals surface area contributed by atoms with Crippen LogP contribution in [-0.2, 0) is 19.4 Å². The molecule has 208 valence electrons. The van der Waals surface area contributed by atoms with Crippen molar-refractivity contribution in [2.75, 3.05) is 23.8 Å². The number of carboxylic acids is 1. The van der Waals surface area contributed by atoms with E-state index in [-0.39, 0.29) is 16.4 Å². The number of fused-ring (bicyclic) bond motifs is 1. The number of halogens is 1. The van der Waals surface area contributed by atoms with Gasteiger partial charge in [-0.3, -0.25) is 4.79 Å². The monoisotopic (exact) mass is 610 g/mol. The van der Waals surface area contributed by atoms with Gasteiger partial charge in [0, 0.05) is 23.7 Å². The Morgan fingerprint density at radius 2 is 1.89 bits per heavy atom. The minimum Gasteiger partial charge on any atom is -0.483 e. The average Bonchev–Trinajstić information content (AvgIpc) is 2.96. The van der Waals surface area contributed by atoms with Crippen molar-refractivity contribution in [2.24, 2.45) is 5.41 Å². The van der Waals surface area contributed by atoms with Gasteiger partial charge in [-0.15, -0.1) is 0 Å². The molecule has 9 nitrogen and oxygen atoms in total. The van der Waals surface area contributed by atoms with E-state index < -0.39 is 45.9 Å². The summed E-state index contributed by atoms with van der Waals surface area (Å²) in [5.41, 5.74) is 0.939. The van der Waals surface area contributed by atoms with E-state index in [0.717, 1.165) is 24.9 Å². The number of nitrogens with zero attached hydrogens (tertiary/aromatic N) is 1. The number of unbranched alkanes of at least 4 members (excludes halogenated alkanes) is 1. The zero-order valence-corrected chi connectivity index (χ0v) is 24.2. The molecular formula is C27H35BrN2O7S. The van der Waals surface area contributed by atoms with E-state index in [1.54, 1.807) is 6.07 Å². The van der Waals surface area contributed by atoms with Crippen LogP contribution in [0.5, 0.6) is 5.75 Å². The van der Waals surface area contributed by atoms with Crippen molar-refractivity contribution in [1.29, 1.82) is 0 Å². The number of aliphatic hydroxyl groups excluding tert-OH is 1. The summed E-state index contributed by atoms with van der Waals surface area (Å²) in [5.74, 6) is -2.02. The minimum atomic E-state index is -3.74. The molecule has 1 aliphatic rings. The SMILES string of the molecule is CCCCC1(CC)CN(c2ccccc2)c2cc(Br)c(OCC(=O)NC(C(=O)O)[C@@H](C)O)cc2S(=O)(=O)C1. The second-order valence-corrected chi connectivity index (χ2v) is 12.6. The Balaban J connectivity index is 2.01. The van der Waals surface area contributed by atoms with Crippen LogP contribution in [-0.4, -0.2) is 61.6 Å². The first-order valence-corrected chi connectivity index (χ1v) is 15.1. The maximum atomic E-state index is 13.8. The molecule has 2 aromatic carbocycles. The van der Waals surface area contributed by atoms with Gasteiger partial charge in [-0.1, -0.05) is 44.9 Å². The van der Waals surface area contributed by atoms with E-state index in [4.69, 9.17) is 4.74 Å². The number of hydrogen-bond acceptors (Lipinski definition) is 7. The van der Waals surface area contributed by atoms with Crippen LogP contribution in [0.3, 0.4) is 0 Å². The number of para-hydroxylation sites is 1. The summed E-state index contributed by atoms with van der Waals surface area (Å²) in [4.78, 5) is 25.7. The van der Waals surface area contributed by atoms with Crippen LogP contribution < -0.4 is 15.0 Å². The molecule has 0 radical (unpaired) electrons. The predicted octanol–water partition coefficient (Wildman–Crippen LogP) is 4.29. The number of aliphatic carboxylic acids is 1. The maximum absolute atomic E-state index is 13.8. The highest BCUT2D eigenvalue weighted by Gasteiger charge is 2.42. The normalized spacial score (nSPS) is 20.1. The van der Waals surface area contributed by atoms with Crippen molar-refractivity contribution in [2.45, 2.75) is 63.5 Å². The van der Waals surface area contributed by atoms with Crippen LogP contribution in [0, 0.1) is 5.41 Å². The molecule has 3 rings (SSSR count). The van der Waals surface area contributed by atoms with Gasteiger partial charge in [-0.05, 0) is 53.9 Å². The Morgan fingerprint density at radius 1 is 1.21 bits per heavy atom. The first-order valence-electron chi connectivity index (χ1n) is 12.6. The number of hydrogen-bond donors (Lipinski definition) is 3. The Labute approximate surface area is 232 Å². The first-order chi connectivity index (χ1) is 17.9. The van der Waals surface area contributed by atoms with Gasteiger partial charge in [0.05, 0.1) is 26.9 Å². The fourth-order valence-corrected chi connectivity index (χ4v) is 7.34. The number of carbonyl (C=O) groups is 2. The Kier molecular flexibility index (Phi) is 9.83. The molecule has 3 atom stereocenters. The molecule has 0 bridgehead atoms. The Hall–Kier alpha value is -2.63. The standard InChI is InChI=1S/C27H35BrN2O7S/c1-4-6-12-27(5-2)16-30(19-10-8-7-9-11-19)21-13-20(28)22(14-23(21)38(35,36)17-27)37-15-24(32)29-25(18(3)31)26(33)34/h7-11,13-14,18,25,31H,4-6,12,15-17H2,1-3H3,(H,29,32)(H,33,34)/t18-,25?,27?/m1/s1. The van der Waals surface area contributed by atoms with Crippen LogP contribution in [0.15, 0.2) is 51.8 Å². The molecule has 1 amide bonds. The first kappa shape index (κ1) is 29.9. The molecule has 0 spiro atoms. The van der Waals surface area contributed by atoms with Gasteiger partial charge in [0.15, 0.2) is 22.5 Å². The lowest BCUT2D eigenvalue weighted by Gasteiger charge is -2.36. The lowest BCUT2D eigenvalue weighted by Crippen LogP contribution is -2.49. The summed E-state index contributed by atoms with van der Waals surface area (Å²) in [6, 6.07) is 11.3. The summed E-state index contributed by atoms with van der Waals surface area (Å²) in [6.07, 6.45) is 2.04. The third-order valence-electron chi connectivity index (χ3n) is 6.93. The minimum absolute atomic E-state index is 0.0108. The number of rotatable bonds is 11. The molecule has 1 heterocycles. The topological polar surface area (TPSA) is 133 Å². The van der Waals surface area contributed by atoms with E-state index in [2.05, 4.69) is 28.2 Å². The molecule has 0 aromatic heterocycles. The van der Waals surface area contributed by atoms with Gasteiger partial charge in [-0.2, -0.15) is 0 Å². The fourth-order valence-electron chi connectivity index (χ4n) is 4.72. The van der Waals surface area contributed by atoms with Crippen molar-refractivity contribution in [3.63, 3.8) is 0 Å². The summed E-state index contributed by atoms with van der Waals surface area (Å²) in [5, 5.41) is 21.0. The van der Waals surface area contributed by atoms with Gasteiger partial charge < -0.3 is 25.2 Å². The van der Waals surface area contributed by atoms with Crippen molar-refractivity contribution in [1.82, 2.24) is 5.32 Å². The predicted molar refractivity (Wildman–Crippen MR) is 149 cm³/mol. The largest absolute Gasteiger partial charge is 0.483 e. The van der Waals surface area contributed by atoms with Gasteiger partial charge in [0.2, 0.25) is 0 Å². The second-order valence-electron chi connectivity index (χ2n) is 9.80. The summed E-state index contributed by atoms with van der Waals surface area (Å²) < 4.78 is 33.7. The molecule has 2 aromatic rings. The molecule has 0 saturated carbocycles. The number of ether oxygens (including phenoxy) is 1. The summed E-state index contributed by atoms with van der Waals surface area (Å²) >= 11 is 3.46. The van der Waals surface area contributed by atoms with Crippen LogP contribution in [0.4, 0.5) is 11.4 Å².